The summed E-state index contributed by atoms with van der Waals surface area (Å²) in [5.41, 5.74) is 0. The molecule has 0 spiro atoms. The molecule has 1 atom stereocenters. The van der Waals surface area contributed by atoms with Gasteiger partial charge in [0.15, 0.2) is 0 Å². The molecule has 0 aliphatic carbocycles. The van der Waals surface area contributed by atoms with Crippen LogP contribution in [0.1, 0.15) is 0 Å². The molecule has 1 aliphatic heterocycles. The van der Waals surface area contributed by atoms with Crippen LogP contribution in [0.5, 0.6) is 0 Å². The highest BCUT2D eigenvalue weighted by atomic mass is 16.3. The Morgan fingerprint density at radius 3 is 2.88 bits per heavy atom. The molecule has 0 bridgehead atoms. The van der Waals surface area contributed by atoms with Gasteiger partial charge in [0.25, 0.3) is 0 Å². The van der Waals surface area contributed by atoms with Gasteiger partial charge in [-0.1, -0.05) is 0 Å². The quantitative estimate of drug-likeness (QED) is 0.289. The Labute approximate surface area is 46.9 Å². The molecule has 0 aromatic carbocycles. The summed E-state index contributed by atoms with van der Waals surface area (Å²) in [6, 6.07) is -0.153. The summed E-state index contributed by atoms with van der Waals surface area (Å²) in [5.74, 6) is -0.0287. The zero-order valence-electron chi connectivity index (χ0n) is 4.35. The van der Waals surface area contributed by atoms with E-state index in [4.69, 9.17) is 5.11 Å². The van der Waals surface area contributed by atoms with Crippen molar-refractivity contribution in [1.82, 2.24) is 10.6 Å². The van der Waals surface area contributed by atoms with Crippen LogP contribution in [-0.2, 0) is 4.79 Å². The van der Waals surface area contributed by atoms with Crippen LogP contribution in [0.2, 0.25) is 0 Å². The molecule has 0 aromatic heterocycles. The summed E-state index contributed by atoms with van der Waals surface area (Å²) in [7, 11) is 0. The number of rotatable bonds is 2. The van der Waals surface area contributed by atoms with Crippen LogP contribution in [0.4, 0.5) is 0 Å². The molecule has 4 nitrogen and oxygen atoms in total. The Kier molecular flexibility index (Phi) is 1.45. The molecular weight excluding hydrogens is 108 g/mol. The van der Waals surface area contributed by atoms with Gasteiger partial charge in [-0.25, -0.2) is 0 Å². The molecule has 46 valence electrons. The average Bonchev–Trinajstić information content (AvgIpc) is 1.79. The van der Waals surface area contributed by atoms with Crippen LogP contribution in [-0.4, -0.2) is 30.3 Å². The Balaban J connectivity index is 2.17. The number of hydrogen-bond acceptors (Lipinski definition) is 3. The maximum Gasteiger partial charge on any atom is 0.239 e. The van der Waals surface area contributed by atoms with Gasteiger partial charge in [0.05, 0.1) is 6.73 Å². The number of carbonyl (C=O) groups excluding carboxylic acids is 1. The second-order valence-electron chi connectivity index (χ2n) is 1.66. The van der Waals surface area contributed by atoms with Crippen LogP contribution in [0.3, 0.4) is 0 Å². The molecule has 0 radical (unpaired) electrons. The fourth-order valence-corrected chi connectivity index (χ4v) is 0.563. The summed E-state index contributed by atoms with van der Waals surface area (Å²) < 4.78 is 0. The fraction of sp³-hybridized carbons (Fsp3) is 0.750. The van der Waals surface area contributed by atoms with Crippen molar-refractivity contribution in [3.05, 3.63) is 0 Å². The first-order valence-corrected chi connectivity index (χ1v) is 2.46. The third-order valence-corrected chi connectivity index (χ3v) is 1.13. The van der Waals surface area contributed by atoms with Crippen molar-refractivity contribution in [2.75, 3.05) is 13.3 Å². The molecule has 0 aromatic rings. The SMILES string of the molecule is O=C1NC[C@@H]1NCO. The molecule has 0 saturated carbocycles. The van der Waals surface area contributed by atoms with Crippen molar-refractivity contribution in [1.29, 1.82) is 0 Å². The minimum atomic E-state index is -0.153. The summed E-state index contributed by atoms with van der Waals surface area (Å²) in [6.45, 7) is 0.511. The van der Waals surface area contributed by atoms with E-state index in [0.29, 0.717) is 6.54 Å². The number of nitrogens with one attached hydrogen (secondary N) is 2. The largest absolute Gasteiger partial charge is 0.381 e. The molecule has 1 saturated heterocycles. The van der Waals surface area contributed by atoms with E-state index >= 15 is 0 Å². The summed E-state index contributed by atoms with van der Waals surface area (Å²) >= 11 is 0. The third-order valence-electron chi connectivity index (χ3n) is 1.13. The molecule has 1 heterocycles. The van der Waals surface area contributed by atoms with Crippen LogP contribution in [0.15, 0.2) is 0 Å². The lowest BCUT2D eigenvalue weighted by Crippen LogP contribution is -2.60. The van der Waals surface area contributed by atoms with Crippen molar-refractivity contribution in [3.8, 4) is 0 Å². The van der Waals surface area contributed by atoms with Gasteiger partial charge in [0.2, 0.25) is 5.91 Å². The maximum atomic E-state index is 10.3. The number of β-lactam (4-membered cyclic amide) rings is 1. The molecule has 0 unspecified atom stereocenters. The first-order valence-electron chi connectivity index (χ1n) is 2.46. The van der Waals surface area contributed by atoms with Crippen LogP contribution in [0.25, 0.3) is 0 Å². The van der Waals surface area contributed by atoms with Crippen molar-refractivity contribution < 1.29 is 9.90 Å². The van der Waals surface area contributed by atoms with E-state index in [2.05, 4.69) is 10.6 Å². The lowest BCUT2D eigenvalue weighted by molar-refractivity contribution is -0.128. The Bertz CT molecular complexity index is 104. The first-order chi connectivity index (χ1) is 3.84. The van der Waals surface area contributed by atoms with E-state index in [1.165, 1.54) is 0 Å². The number of aliphatic hydroxyl groups excluding tert-OH is 1. The fourth-order valence-electron chi connectivity index (χ4n) is 0.563. The minimum absolute atomic E-state index is 0.0287. The van der Waals surface area contributed by atoms with E-state index in [1.807, 2.05) is 0 Å². The number of hydrogen-bond donors (Lipinski definition) is 3. The van der Waals surface area contributed by atoms with Gasteiger partial charge in [-0.05, 0) is 0 Å². The Hall–Kier alpha value is -0.610. The molecule has 8 heavy (non-hydrogen) atoms. The van der Waals surface area contributed by atoms with E-state index in [9.17, 15) is 4.79 Å². The Morgan fingerprint density at radius 2 is 2.75 bits per heavy atom. The van der Waals surface area contributed by atoms with E-state index < -0.39 is 0 Å². The molecule has 1 rings (SSSR count). The van der Waals surface area contributed by atoms with Crippen LogP contribution in [0, 0.1) is 0 Å². The summed E-state index contributed by atoms with van der Waals surface area (Å²) in [6.07, 6.45) is 0. The van der Waals surface area contributed by atoms with Crippen molar-refractivity contribution in [2.24, 2.45) is 0 Å². The highest BCUT2D eigenvalue weighted by Gasteiger charge is 2.25. The number of aliphatic hydroxyl groups is 1. The van der Waals surface area contributed by atoms with Crippen molar-refractivity contribution in [3.63, 3.8) is 0 Å². The van der Waals surface area contributed by atoms with E-state index in [-0.39, 0.29) is 18.7 Å². The van der Waals surface area contributed by atoms with Gasteiger partial charge in [0, 0.05) is 6.54 Å². The summed E-state index contributed by atoms with van der Waals surface area (Å²) in [5, 5.41) is 13.3. The number of amides is 1. The second kappa shape index (κ2) is 2.11. The second-order valence-corrected chi connectivity index (χ2v) is 1.66. The van der Waals surface area contributed by atoms with Crippen molar-refractivity contribution in [2.45, 2.75) is 6.04 Å². The van der Waals surface area contributed by atoms with Gasteiger partial charge in [-0.3, -0.25) is 10.1 Å². The maximum absolute atomic E-state index is 10.3. The predicted octanol–water partition coefficient (Wildman–Crippen LogP) is -1.98. The van der Waals surface area contributed by atoms with Gasteiger partial charge >= 0.3 is 0 Å². The van der Waals surface area contributed by atoms with E-state index in [1.54, 1.807) is 0 Å². The topological polar surface area (TPSA) is 61.4 Å². The molecule has 3 N–H and O–H groups in total. The van der Waals surface area contributed by atoms with Gasteiger partial charge in [-0.2, -0.15) is 0 Å². The lowest BCUT2D eigenvalue weighted by Gasteiger charge is -2.25. The molecule has 1 aliphatic rings. The van der Waals surface area contributed by atoms with Crippen LogP contribution < -0.4 is 10.6 Å². The number of carbonyl (C=O) groups is 1. The molecule has 1 amide bonds. The van der Waals surface area contributed by atoms with Gasteiger partial charge in [-0.15, -0.1) is 0 Å². The predicted molar refractivity (Wildman–Crippen MR) is 27.0 cm³/mol. The Morgan fingerprint density at radius 1 is 2.00 bits per heavy atom. The smallest absolute Gasteiger partial charge is 0.239 e. The van der Waals surface area contributed by atoms with E-state index in [0.717, 1.165) is 0 Å². The summed E-state index contributed by atoms with van der Waals surface area (Å²) in [4.78, 5) is 10.3. The van der Waals surface area contributed by atoms with Crippen molar-refractivity contribution >= 4 is 5.91 Å². The molecule has 1 fully saturated rings. The monoisotopic (exact) mass is 116 g/mol. The zero-order chi connectivity index (χ0) is 5.98. The lowest BCUT2D eigenvalue weighted by atomic mass is 10.2. The van der Waals surface area contributed by atoms with Crippen LogP contribution >= 0.6 is 0 Å². The highest BCUT2D eigenvalue weighted by molar-refractivity contribution is 5.87. The zero-order valence-corrected chi connectivity index (χ0v) is 4.35. The van der Waals surface area contributed by atoms with Gasteiger partial charge < -0.3 is 10.4 Å². The third kappa shape index (κ3) is 0.801. The molecular formula is C4H8N2O2. The van der Waals surface area contributed by atoms with Gasteiger partial charge in [0.1, 0.15) is 6.04 Å². The average molecular weight is 116 g/mol. The molecule has 4 heteroatoms. The first kappa shape index (κ1) is 5.53. The normalized spacial score (nSPS) is 26.6. The minimum Gasteiger partial charge on any atom is -0.381 e. The highest BCUT2D eigenvalue weighted by Crippen LogP contribution is 1.90. The standard InChI is InChI=1S/C4H8N2O2/c7-2-6-3-1-5-4(3)8/h3,6-7H,1-2H2,(H,5,8)/t3-/m0/s1.